The average molecular weight is 335 g/mol. The van der Waals surface area contributed by atoms with Crippen molar-refractivity contribution in [3.63, 3.8) is 0 Å². The highest BCUT2D eigenvalue weighted by molar-refractivity contribution is 5.94. The van der Waals surface area contributed by atoms with Gasteiger partial charge in [-0.3, -0.25) is 4.79 Å². The maximum atomic E-state index is 13.0. The van der Waals surface area contributed by atoms with E-state index < -0.39 is 0 Å². The summed E-state index contributed by atoms with van der Waals surface area (Å²) in [6, 6.07) is 13.7. The van der Waals surface area contributed by atoms with E-state index >= 15 is 0 Å². The smallest absolute Gasteiger partial charge is 0.255 e. The van der Waals surface area contributed by atoms with E-state index in [4.69, 9.17) is 0 Å². The van der Waals surface area contributed by atoms with Crippen molar-refractivity contribution in [3.05, 3.63) is 72.2 Å². The van der Waals surface area contributed by atoms with E-state index in [1.807, 2.05) is 64.2 Å². The average Bonchev–Trinajstić information content (AvgIpc) is 3.16. The molecular formula is C20H21N3O2. The summed E-state index contributed by atoms with van der Waals surface area (Å²) in [4.78, 5) is 19.1. The number of pyridine rings is 1. The fourth-order valence-corrected chi connectivity index (χ4v) is 3.78. The number of likely N-dealkylation sites (tertiary alicyclic amines) is 1. The van der Waals surface area contributed by atoms with Crippen LogP contribution in [0, 0.1) is 0 Å². The Hall–Kier alpha value is -2.66. The lowest BCUT2D eigenvalue weighted by atomic mass is 9.74. The molecular weight excluding hydrogens is 314 g/mol. The van der Waals surface area contributed by atoms with Crippen LogP contribution in [0.4, 0.5) is 0 Å². The molecule has 0 spiro atoms. The highest BCUT2D eigenvalue weighted by atomic mass is 16.3. The van der Waals surface area contributed by atoms with Gasteiger partial charge in [0.25, 0.3) is 5.91 Å². The zero-order valence-corrected chi connectivity index (χ0v) is 14.0. The van der Waals surface area contributed by atoms with Gasteiger partial charge in [-0.05, 0) is 30.5 Å². The van der Waals surface area contributed by atoms with Crippen LogP contribution in [-0.2, 0) is 5.41 Å². The second-order valence-electron chi connectivity index (χ2n) is 6.75. The van der Waals surface area contributed by atoms with Crippen molar-refractivity contribution >= 4 is 11.6 Å². The first-order chi connectivity index (χ1) is 12.2. The number of hydrogen-bond acceptors (Lipinski definition) is 3. The Morgan fingerprint density at radius 1 is 1.20 bits per heavy atom. The minimum absolute atomic E-state index is 0.00376. The predicted molar refractivity (Wildman–Crippen MR) is 95.5 cm³/mol. The SMILES string of the molecule is O=C(c1ccc2nccn2c1)N1CCCC(CO)(c2ccccc2)C1. The zero-order valence-electron chi connectivity index (χ0n) is 14.0. The molecule has 0 radical (unpaired) electrons. The number of rotatable bonds is 3. The third-order valence-corrected chi connectivity index (χ3v) is 5.19. The van der Waals surface area contributed by atoms with E-state index in [9.17, 15) is 9.90 Å². The molecule has 3 aromatic rings. The van der Waals surface area contributed by atoms with Crippen LogP contribution in [0.2, 0.25) is 0 Å². The first kappa shape index (κ1) is 15.8. The fourth-order valence-electron chi connectivity index (χ4n) is 3.78. The van der Waals surface area contributed by atoms with Crippen molar-refractivity contribution in [1.82, 2.24) is 14.3 Å². The van der Waals surface area contributed by atoms with Gasteiger partial charge in [-0.1, -0.05) is 30.3 Å². The van der Waals surface area contributed by atoms with Crippen molar-refractivity contribution in [2.24, 2.45) is 0 Å². The molecule has 1 unspecified atom stereocenters. The predicted octanol–water partition coefficient (Wildman–Crippen LogP) is 2.50. The Kier molecular flexibility index (Phi) is 4.01. The number of aliphatic hydroxyl groups is 1. The third-order valence-electron chi connectivity index (χ3n) is 5.19. The molecule has 1 aliphatic rings. The normalized spacial score (nSPS) is 20.8. The second-order valence-corrected chi connectivity index (χ2v) is 6.75. The van der Waals surface area contributed by atoms with Crippen LogP contribution >= 0.6 is 0 Å². The molecule has 3 heterocycles. The first-order valence-electron chi connectivity index (χ1n) is 8.60. The number of nitrogens with zero attached hydrogens (tertiary/aromatic N) is 3. The Labute approximate surface area is 146 Å². The molecule has 5 nitrogen and oxygen atoms in total. The molecule has 1 fully saturated rings. The van der Waals surface area contributed by atoms with Crippen molar-refractivity contribution in [2.45, 2.75) is 18.3 Å². The molecule has 0 bridgehead atoms. The van der Waals surface area contributed by atoms with E-state index in [1.165, 1.54) is 0 Å². The maximum Gasteiger partial charge on any atom is 0.255 e. The molecule has 4 rings (SSSR count). The number of carbonyl (C=O) groups is 1. The van der Waals surface area contributed by atoms with E-state index in [-0.39, 0.29) is 17.9 Å². The number of hydrogen-bond donors (Lipinski definition) is 1. The van der Waals surface area contributed by atoms with Crippen LogP contribution in [0.1, 0.15) is 28.8 Å². The van der Waals surface area contributed by atoms with E-state index in [1.54, 1.807) is 6.20 Å². The van der Waals surface area contributed by atoms with Gasteiger partial charge in [-0.15, -0.1) is 0 Å². The molecule has 2 aromatic heterocycles. The van der Waals surface area contributed by atoms with Gasteiger partial charge >= 0.3 is 0 Å². The molecule has 1 N–H and O–H groups in total. The Morgan fingerprint density at radius 2 is 2.04 bits per heavy atom. The lowest BCUT2D eigenvalue weighted by molar-refractivity contribution is 0.0542. The second kappa shape index (κ2) is 6.33. The van der Waals surface area contributed by atoms with Crippen molar-refractivity contribution in [1.29, 1.82) is 0 Å². The highest BCUT2D eigenvalue weighted by Gasteiger charge is 2.38. The summed E-state index contributed by atoms with van der Waals surface area (Å²) in [6.07, 6.45) is 7.15. The van der Waals surface area contributed by atoms with Crippen LogP contribution in [0.15, 0.2) is 61.1 Å². The topological polar surface area (TPSA) is 57.8 Å². The summed E-state index contributed by atoms with van der Waals surface area (Å²) in [5, 5.41) is 10.1. The molecule has 1 saturated heterocycles. The monoisotopic (exact) mass is 335 g/mol. The van der Waals surface area contributed by atoms with Crippen LogP contribution < -0.4 is 0 Å². The third kappa shape index (κ3) is 2.81. The van der Waals surface area contributed by atoms with Gasteiger partial charge in [0.15, 0.2) is 0 Å². The van der Waals surface area contributed by atoms with Crippen LogP contribution in [0.25, 0.3) is 5.65 Å². The van der Waals surface area contributed by atoms with Gasteiger partial charge in [-0.25, -0.2) is 4.98 Å². The van der Waals surface area contributed by atoms with Crippen molar-refractivity contribution < 1.29 is 9.90 Å². The molecule has 5 heteroatoms. The fraction of sp³-hybridized carbons (Fsp3) is 0.300. The number of piperidine rings is 1. The summed E-state index contributed by atoms with van der Waals surface area (Å²) < 4.78 is 1.85. The number of aliphatic hydroxyl groups excluding tert-OH is 1. The van der Waals surface area contributed by atoms with Gasteiger partial charge in [0.2, 0.25) is 0 Å². The number of amides is 1. The molecule has 128 valence electrons. The number of aromatic nitrogens is 2. The zero-order chi connectivity index (χ0) is 17.3. The number of fused-ring (bicyclic) bond motifs is 1. The highest BCUT2D eigenvalue weighted by Crippen LogP contribution is 2.34. The van der Waals surface area contributed by atoms with Crippen LogP contribution in [-0.4, -0.2) is 45.0 Å². The van der Waals surface area contributed by atoms with Crippen molar-refractivity contribution in [3.8, 4) is 0 Å². The molecule has 0 aliphatic carbocycles. The molecule has 1 amide bonds. The summed E-state index contributed by atoms with van der Waals surface area (Å²) in [7, 11) is 0. The lowest BCUT2D eigenvalue weighted by Gasteiger charge is -2.42. The van der Waals surface area contributed by atoms with Crippen LogP contribution in [0.3, 0.4) is 0 Å². The summed E-state index contributed by atoms with van der Waals surface area (Å²) in [6.45, 7) is 1.30. The Morgan fingerprint density at radius 3 is 2.84 bits per heavy atom. The summed E-state index contributed by atoms with van der Waals surface area (Å²) in [5.74, 6) is 0.00376. The minimum atomic E-state index is -0.381. The van der Waals surface area contributed by atoms with Gasteiger partial charge in [0.1, 0.15) is 5.65 Å². The van der Waals surface area contributed by atoms with Crippen molar-refractivity contribution in [2.75, 3.05) is 19.7 Å². The summed E-state index contributed by atoms with van der Waals surface area (Å²) in [5.41, 5.74) is 2.19. The van der Waals surface area contributed by atoms with Gasteiger partial charge < -0.3 is 14.4 Å². The molecule has 1 aromatic carbocycles. The van der Waals surface area contributed by atoms with Gasteiger partial charge in [0, 0.05) is 37.1 Å². The van der Waals surface area contributed by atoms with E-state index in [0.717, 1.165) is 30.6 Å². The number of carbonyl (C=O) groups excluding carboxylic acids is 1. The quantitative estimate of drug-likeness (QED) is 0.800. The Balaban J connectivity index is 1.62. The molecule has 1 atom stereocenters. The van der Waals surface area contributed by atoms with Crippen LogP contribution in [0.5, 0.6) is 0 Å². The number of imidazole rings is 1. The standard InChI is InChI=1S/C20H21N3O2/c24-15-20(17-5-2-1-3-6-17)9-4-11-23(14-20)19(25)16-7-8-18-21-10-12-22(18)13-16/h1-3,5-8,10,12-13,24H,4,9,11,14-15H2. The molecule has 1 aliphatic heterocycles. The van der Waals surface area contributed by atoms with Gasteiger partial charge in [-0.2, -0.15) is 0 Å². The molecule has 0 saturated carbocycles. The minimum Gasteiger partial charge on any atom is -0.395 e. The lowest BCUT2D eigenvalue weighted by Crippen LogP contribution is -2.50. The molecule has 25 heavy (non-hydrogen) atoms. The largest absolute Gasteiger partial charge is 0.395 e. The Bertz CT molecular complexity index is 890. The maximum absolute atomic E-state index is 13.0. The van der Waals surface area contributed by atoms with E-state index in [0.29, 0.717) is 12.1 Å². The first-order valence-corrected chi connectivity index (χ1v) is 8.60. The summed E-state index contributed by atoms with van der Waals surface area (Å²) >= 11 is 0. The van der Waals surface area contributed by atoms with E-state index in [2.05, 4.69) is 4.98 Å². The number of benzene rings is 1. The van der Waals surface area contributed by atoms with Gasteiger partial charge in [0.05, 0.1) is 12.2 Å².